The number of carbonyl (C=O) groups is 4. The lowest BCUT2D eigenvalue weighted by atomic mass is 10.1. The summed E-state index contributed by atoms with van der Waals surface area (Å²) >= 11 is 3.29. The maximum atomic E-state index is 12.3. The molecular weight excluding hydrogens is 452 g/mol. The van der Waals surface area contributed by atoms with E-state index in [-0.39, 0.29) is 29.7 Å². The number of hydrogen-bond donors (Lipinski definition) is 1. The number of esters is 1. The smallest absolute Gasteiger partial charge is 0.340 e. The molecule has 3 amide bonds. The minimum absolute atomic E-state index is 0.219. The molecule has 2 aromatic carbocycles. The Kier molecular flexibility index (Phi) is 6.99. The first-order valence-electron chi connectivity index (χ1n) is 9.55. The van der Waals surface area contributed by atoms with E-state index in [0.717, 1.165) is 0 Å². The van der Waals surface area contributed by atoms with Gasteiger partial charge in [-0.2, -0.15) is 0 Å². The molecule has 0 bridgehead atoms. The van der Waals surface area contributed by atoms with E-state index in [1.165, 1.54) is 12.0 Å². The monoisotopic (exact) mass is 472 g/mol. The molecule has 0 saturated carbocycles. The van der Waals surface area contributed by atoms with Crippen LogP contribution in [0.4, 0.5) is 5.69 Å². The maximum absolute atomic E-state index is 12.3. The molecule has 7 nitrogen and oxygen atoms in total. The Morgan fingerprint density at radius 2 is 1.67 bits per heavy atom. The number of nitrogens with one attached hydrogen (secondary N) is 1. The molecule has 1 aliphatic rings. The van der Waals surface area contributed by atoms with E-state index >= 15 is 0 Å². The molecule has 1 N–H and O–H groups in total. The molecule has 0 spiro atoms. The van der Waals surface area contributed by atoms with E-state index in [0.29, 0.717) is 47.1 Å². The third-order valence-electron chi connectivity index (χ3n) is 4.82. The Labute approximate surface area is 182 Å². The number of hydrogen-bond acceptors (Lipinski definition) is 5. The predicted octanol–water partition coefficient (Wildman–Crippen LogP) is 4.03. The van der Waals surface area contributed by atoms with Crippen LogP contribution in [-0.2, 0) is 9.53 Å². The number of halogens is 1. The highest BCUT2D eigenvalue weighted by atomic mass is 79.9. The van der Waals surface area contributed by atoms with Crippen molar-refractivity contribution >= 4 is 45.3 Å². The standard InChI is InChI=1S/C22H21BrN2O5/c1-30-22(29)17-13-14(23)10-11-18(17)24-19(26)9-3-2-6-12-25-20(27)15-7-4-5-8-16(15)21(25)28/h4-5,7-8,10-11,13H,2-3,6,9,12H2,1H3,(H,24,26). The molecule has 0 aliphatic carbocycles. The van der Waals surface area contributed by atoms with Gasteiger partial charge in [0, 0.05) is 17.4 Å². The first kappa shape index (κ1) is 21.7. The number of rotatable bonds is 8. The van der Waals surface area contributed by atoms with Crippen LogP contribution in [0.5, 0.6) is 0 Å². The first-order chi connectivity index (χ1) is 14.4. The number of fused-ring (bicyclic) bond motifs is 1. The molecule has 2 aromatic rings. The van der Waals surface area contributed by atoms with E-state index in [2.05, 4.69) is 21.2 Å². The molecule has 30 heavy (non-hydrogen) atoms. The van der Waals surface area contributed by atoms with Crippen molar-refractivity contribution in [3.63, 3.8) is 0 Å². The molecule has 8 heteroatoms. The van der Waals surface area contributed by atoms with Crippen LogP contribution < -0.4 is 5.32 Å². The fraction of sp³-hybridized carbons (Fsp3) is 0.273. The van der Waals surface area contributed by atoms with Crippen molar-refractivity contribution in [1.82, 2.24) is 4.90 Å². The number of benzene rings is 2. The summed E-state index contributed by atoms with van der Waals surface area (Å²) in [5, 5.41) is 2.73. The molecule has 0 radical (unpaired) electrons. The van der Waals surface area contributed by atoms with Gasteiger partial charge in [-0.05, 0) is 43.2 Å². The Hall–Kier alpha value is -3.00. The van der Waals surface area contributed by atoms with Gasteiger partial charge >= 0.3 is 5.97 Å². The first-order valence-corrected chi connectivity index (χ1v) is 10.3. The normalized spacial score (nSPS) is 12.7. The third-order valence-corrected chi connectivity index (χ3v) is 5.32. The highest BCUT2D eigenvalue weighted by Crippen LogP contribution is 2.24. The molecule has 0 fully saturated rings. The van der Waals surface area contributed by atoms with Gasteiger partial charge in [0.1, 0.15) is 0 Å². The van der Waals surface area contributed by atoms with Crippen molar-refractivity contribution in [2.24, 2.45) is 0 Å². The van der Waals surface area contributed by atoms with Crippen molar-refractivity contribution in [2.75, 3.05) is 19.0 Å². The molecule has 1 heterocycles. The molecule has 3 rings (SSSR count). The summed E-state index contributed by atoms with van der Waals surface area (Å²) in [6.07, 6.45) is 2.16. The number of anilines is 1. The summed E-state index contributed by atoms with van der Waals surface area (Å²) in [5.74, 6) is -1.28. The lowest BCUT2D eigenvalue weighted by Gasteiger charge is -2.13. The van der Waals surface area contributed by atoms with Crippen LogP contribution >= 0.6 is 15.9 Å². The molecule has 0 atom stereocenters. The Bertz CT molecular complexity index is 970. The Balaban J connectivity index is 1.45. The van der Waals surface area contributed by atoms with E-state index < -0.39 is 5.97 Å². The lowest BCUT2D eigenvalue weighted by molar-refractivity contribution is -0.116. The van der Waals surface area contributed by atoms with Crippen LogP contribution in [0.15, 0.2) is 46.9 Å². The largest absolute Gasteiger partial charge is 0.465 e. The molecule has 0 saturated heterocycles. The number of ether oxygens (including phenoxy) is 1. The van der Waals surface area contributed by atoms with Gasteiger partial charge < -0.3 is 10.1 Å². The maximum Gasteiger partial charge on any atom is 0.340 e. The van der Waals surface area contributed by atoms with E-state index in [1.807, 2.05) is 0 Å². The van der Waals surface area contributed by atoms with E-state index in [4.69, 9.17) is 4.74 Å². The quantitative estimate of drug-likeness (QED) is 0.355. The summed E-state index contributed by atoms with van der Waals surface area (Å²) in [7, 11) is 1.28. The van der Waals surface area contributed by atoms with Crippen LogP contribution in [0.3, 0.4) is 0 Å². The summed E-state index contributed by atoms with van der Waals surface area (Å²) < 4.78 is 5.45. The minimum atomic E-state index is -0.535. The number of amides is 3. The summed E-state index contributed by atoms with van der Waals surface area (Å²) in [6, 6.07) is 11.7. The lowest BCUT2D eigenvalue weighted by Crippen LogP contribution is -2.30. The van der Waals surface area contributed by atoms with Crippen LogP contribution in [0.1, 0.15) is 56.8 Å². The van der Waals surface area contributed by atoms with Gasteiger partial charge in [-0.25, -0.2) is 4.79 Å². The molecular formula is C22H21BrN2O5. The number of methoxy groups -OCH3 is 1. The zero-order valence-electron chi connectivity index (χ0n) is 16.4. The Morgan fingerprint density at radius 3 is 2.30 bits per heavy atom. The fourth-order valence-corrected chi connectivity index (χ4v) is 3.65. The second-order valence-electron chi connectivity index (χ2n) is 6.85. The molecule has 156 valence electrons. The predicted molar refractivity (Wildman–Crippen MR) is 114 cm³/mol. The molecule has 1 aliphatic heterocycles. The number of unbranched alkanes of at least 4 members (excludes halogenated alkanes) is 2. The number of nitrogens with zero attached hydrogens (tertiary/aromatic N) is 1. The van der Waals surface area contributed by atoms with Gasteiger partial charge in [-0.3, -0.25) is 19.3 Å². The van der Waals surface area contributed by atoms with E-state index in [9.17, 15) is 19.2 Å². The van der Waals surface area contributed by atoms with Gasteiger partial charge in [0.15, 0.2) is 0 Å². The molecule has 0 unspecified atom stereocenters. The summed E-state index contributed by atoms with van der Waals surface area (Å²) in [4.78, 5) is 50.0. The van der Waals surface area contributed by atoms with Crippen molar-refractivity contribution < 1.29 is 23.9 Å². The average Bonchev–Trinajstić information content (AvgIpc) is 2.99. The number of imide groups is 1. The second-order valence-corrected chi connectivity index (χ2v) is 7.76. The molecule has 0 aromatic heterocycles. The van der Waals surface area contributed by atoms with Gasteiger partial charge in [0.2, 0.25) is 5.91 Å². The van der Waals surface area contributed by atoms with Gasteiger partial charge in [0.05, 0.1) is 29.5 Å². The SMILES string of the molecule is COC(=O)c1cc(Br)ccc1NC(=O)CCCCCN1C(=O)c2ccccc2C1=O. The highest BCUT2D eigenvalue weighted by molar-refractivity contribution is 9.10. The minimum Gasteiger partial charge on any atom is -0.465 e. The van der Waals surface area contributed by atoms with Crippen molar-refractivity contribution in [2.45, 2.75) is 25.7 Å². The summed E-state index contributed by atoms with van der Waals surface area (Å²) in [6.45, 7) is 0.327. The number of carbonyl (C=O) groups excluding carboxylic acids is 4. The average molecular weight is 473 g/mol. The second kappa shape index (κ2) is 9.67. The highest BCUT2D eigenvalue weighted by Gasteiger charge is 2.34. The van der Waals surface area contributed by atoms with Crippen molar-refractivity contribution in [3.8, 4) is 0 Å². The van der Waals surface area contributed by atoms with Crippen molar-refractivity contribution in [3.05, 3.63) is 63.6 Å². The van der Waals surface area contributed by atoms with Crippen LogP contribution in [0, 0.1) is 0 Å². The van der Waals surface area contributed by atoms with Gasteiger partial charge in [-0.1, -0.05) is 34.5 Å². The topological polar surface area (TPSA) is 92.8 Å². The van der Waals surface area contributed by atoms with Crippen molar-refractivity contribution in [1.29, 1.82) is 0 Å². The Morgan fingerprint density at radius 1 is 1.00 bits per heavy atom. The fourth-order valence-electron chi connectivity index (χ4n) is 3.29. The van der Waals surface area contributed by atoms with E-state index in [1.54, 1.807) is 42.5 Å². The van der Waals surface area contributed by atoms with Gasteiger partial charge in [-0.15, -0.1) is 0 Å². The third kappa shape index (κ3) is 4.76. The van der Waals surface area contributed by atoms with Crippen LogP contribution in [0.2, 0.25) is 0 Å². The van der Waals surface area contributed by atoms with Crippen LogP contribution in [-0.4, -0.2) is 42.2 Å². The van der Waals surface area contributed by atoms with Gasteiger partial charge in [0.25, 0.3) is 11.8 Å². The zero-order valence-corrected chi connectivity index (χ0v) is 18.0. The summed E-state index contributed by atoms with van der Waals surface area (Å²) in [5.41, 5.74) is 1.54. The zero-order chi connectivity index (χ0) is 21.7. The van der Waals surface area contributed by atoms with Crippen LogP contribution in [0.25, 0.3) is 0 Å².